The maximum absolute atomic E-state index is 11.4. The summed E-state index contributed by atoms with van der Waals surface area (Å²) in [5.41, 5.74) is 0.470. The average Bonchev–Trinajstić information content (AvgIpc) is 2.76. The highest BCUT2D eigenvalue weighted by Gasteiger charge is 2.34. The maximum Gasteiger partial charge on any atom is 0.323 e. The van der Waals surface area contributed by atoms with E-state index in [0.717, 1.165) is 12.3 Å². The van der Waals surface area contributed by atoms with E-state index in [0.29, 0.717) is 18.1 Å². The van der Waals surface area contributed by atoms with Crippen LogP contribution in [0.4, 0.5) is 0 Å². The summed E-state index contributed by atoms with van der Waals surface area (Å²) in [5, 5.41) is 3.48. The first-order chi connectivity index (χ1) is 8.53. The number of carbonyl (C=O) groups excluding carboxylic acids is 1. The van der Waals surface area contributed by atoms with Crippen LogP contribution in [-0.2, 0) is 9.53 Å². The summed E-state index contributed by atoms with van der Waals surface area (Å²) in [7, 11) is 0. The van der Waals surface area contributed by atoms with Crippen LogP contribution in [0, 0.1) is 11.3 Å². The summed E-state index contributed by atoms with van der Waals surface area (Å²) in [6.45, 7) is 7.66. The Hall–Kier alpha value is -0.570. The molecule has 1 saturated carbocycles. The van der Waals surface area contributed by atoms with Gasteiger partial charge in [0, 0.05) is 12.5 Å². The Morgan fingerprint density at radius 2 is 1.89 bits per heavy atom. The molecule has 3 nitrogen and oxygen atoms in total. The molecule has 2 aliphatic rings. The SMILES string of the molecule is CCC(C)(C)C1CCC(NC2CCOC2=O)CC1. The van der Waals surface area contributed by atoms with E-state index in [-0.39, 0.29) is 12.0 Å². The first kappa shape index (κ1) is 13.9. The van der Waals surface area contributed by atoms with Gasteiger partial charge in [-0.3, -0.25) is 4.79 Å². The molecule has 1 atom stereocenters. The van der Waals surface area contributed by atoms with Gasteiger partial charge < -0.3 is 10.1 Å². The number of esters is 1. The second kappa shape index (κ2) is 5.60. The van der Waals surface area contributed by atoms with Gasteiger partial charge in [0.05, 0.1) is 6.61 Å². The number of ether oxygens (including phenoxy) is 1. The Kier molecular flexibility index (Phi) is 4.31. The topological polar surface area (TPSA) is 38.3 Å². The number of nitrogens with one attached hydrogen (secondary N) is 1. The van der Waals surface area contributed by atoms with Crippen molar-refractivity contribution >= 4 is 5.97 Å². The summed E-state index contributed by atoms with van der Waals surface area (Å²) in [6, 6.07) is 0.482. The molecule has 1 aliphatic heterocycles. The first-order valence-corrected chi connectivity index (χ1v) is 7.45. The Morgan fingerprint density at radius 1 is 1.22 bits per heavy atom. The molecular weight excluding hydrogens is 226 g/mol. The molecule has 0 amide bonds. The van der Waals surface area contributed by atoms with Crippen molar-refractivity contribution < 1.29 is 9.53 Å². The zero-order valence-corrected chi connectivity index (χ0v) is 12.0. The number of cyclic esters (lactones) is 1. The van der Waals surface area contributed by atoms with Gasteiger partial charge in [-0.25, -0.2) is 0 Å². The van der Waals surface area contributed by atoms with Crippen LogP contribution in [0.15, 0.2) is 0 Å². The Balaban J connectivity index is 1.78. The zero-order chi connectivity index (χ0) is 13.2. The monoisotopic (exact) mass is 253 g/mol. The minimum absolute atomic E-state index is 0.0364. The zero-order valence-electron chi connectivity index (χ0n) is 12.0. The standard InChI is InChI=1S/C15H27NO2/c1-4-15(2,3)11-5-7-12(8-6-11)16-13-9-10-18-14(13)17/h11-13,16H,4-10H2,1-3H3. The largest absolute Gasteiger partial charge is 0.464 e. The van der Waals surface area contributed by atoms with E-state index in [9.17, 15) is 4.79 Å². The molecule has 1 heterocycles. The number of hydrogen-bond acceptors (Lipinski definition) is 3. The molecule has 2 rings (SSSR count). The van der Waals surface area contributed by atoms with Crippen molar-refractivity contribution in [1.29, 1.82) is 0 Å². The highest BCUT2D eigenvalue weighted by molar-refractivity contribution is 5.77. The molecule has 2 fully saturated rings. The fourth-order valence-corrected chi connectivity index (χ4v) is 3.26. The molecule has 0 spiro atoms. The average molecular weight is 253 g/mol. The summed E-state index contributed by atoms with van der Waals surface area (Å²) in [4.78, 5) is 11.4. The molecule has 3 heteroatoms. The van der Waals surface area contributed by atoms with Gasteiger partial charge in [-0.15, -0.1) is 0 Å². The molecule has 104 valence electrons. The van der Waals surface area contributed by atoms with Gasteiger partial charge in [0.2, 0.25) is 0 Å². The molecule has 0 aromatic heterocycles. The summed E-state index contributed by atoms with van der Waals surface area (Å²) in [6.07, 6.45) is 7.10. The van der Waals surface area contributed by atoms with Gasteiger partial charge in [-0.05, 0) is 37.0 Å². The Bertz CT molecular complexity index is 293. The van der Waals surface area contributed by atoms with Crippen molar-refractivity contribution in [1.82, 2.24) is 5.32 Å². The lowest BCUT2D eigenvalue weighted by Gasteiger charge is -2.39. The molecule has 0 aromatic carbocycles. The molecule has 0 bridgehead atoms. The lowest BCUT2D eigenvalue weighted by Crippen LogP contribution is -2.44. The van der Waals surface area contributed by atoms with Crippen LogP contribution >= 0.6 is 0 Å². The van der Waals surface area contributed by atoms with Crippen LogP contribution in [0.25, 0.3) is 0 Å². The normalized spacial score (nSPS) is 33.5. The highest BCUT2D eigenvalue weighted by Crippen LogP contribution is 2.40. The first-order valence-electron chi connectivity index (χ1n) is 7.45. The van der Waals surface area contributed by atoms with E-state index in [1.54, 1.807) is 0 Å². The maximum atomic E-state index is 11.4. The third kappa shape index (κ3) is 3.05. The van der Waals surface area contributed by atoms with E-state index >= 15 is 0 Å². The van der Waals surface area contributed by atoms with Crippen LogP contribution < -0.4 is 5.32 Å². The molecule has 0 radical (unpaired) electrons. The third-order valence-electron chi connectivity index (χ3n) is 5.12. The molecule has 1 unspecified atom stereocenters. The second-order valence-electron chi connectivity index (χ2n) is 6.57. The van der Waals surface area contributed by atoms with Crippen molar-refractivity contribution in [3.05, 3.63) is 0 Å². The van der Waals surface area contributed by atoms with Crippen LogP contribution in [0.2, 0.25) is 0 Å². The molecule has 1 saturated heterocycles. The molecule has 1 N–H and O–H groups in total. The Morgan fingerprint density at radius 3 is 2.39 bits per heavy atom. The predicted octanol–water partition coefficient (Wildman–Crippen LogP) is 2.89. The molecule has 18 heavy (non-hydrogen) atoms. The van der Waals surface area contributed by atoms with Crippen LogP contribution in [0.3, 0.4) is 0 Å². The highest BCUT2D eigenvalue weighted by atomic mass is 16.5. The van der Waals surface area contributed by atoms with Crippen molar-refractivity contribution in [2.45, 2.75) is 71.4 Å². The van der Waals surface area contributed by atoms with Crippen molar-refractivity contribution in [3.8, 4) is 0 Å². The smallest absolute Gasteiger partial charge is 0.323 e. The van der Waals surface area contributed by atoms with Crippen molar-refractivity contribution in [2.75, 3.05) is 6.61 Å². The van der Waals surface area contributed by atoms with Gasteiger partial charge in [-0.2, -0.15) is 0 Å². The van der Waals surface area contributed by atoms with Crippen molar-refractivity contribution in [3.63, 3.8) is 0 Å². The van der Waals surface area contributed by atoms with E-state index in [2.05, 4.69) is 26.1 Å². The fraction of sp³-hybridized carbons (Fsp3) is 0.933. The fourth-order valence-electron chi connectivity index (χ4n) is 3.26. The van der Waals surface area contributed by atoms with Crippen LogP contribution in [0.1, 0.15) is 59.3 Å². The minimum atomic E-state index is -0.0500. The lowest BCUT2D eigenvalue weighted by atomic mass is 9.69. The predicted molar refractivity (Wildman–Crippen MR) is 72.3 cm³/mol. The van der Waals surface area contributed by atoms with Gasteiger partial charge in [0.1, 0.15) is 6.04 Å². The van der Waals surface area contributed by atoms with Crippen LogP contribution in [-0.4, -0.2) is 24.7 Å². The second-order valence-corrected chi connectivity index (χ2v) is 6.57. The van der Waals surface area contributed by atoms with E-state index in [1.807, 2.05) is 0 Å². The van der Waals surface area contributed by atoms with Gasteiger partial charge >= 0.3 is 5.97 Å². The number of hydrogen-bond donors (Lipinski definition) is 1. The molecule has 0 aromatic rings. The van der Waals surface area contributed by atoms with E-state index in [4.69, 9.17) is 4.74 Å². The lowest BCUT2D eigenvalue weighted by molar-refractivity contribution is -0.139. The number of carbonyl (C=O) groups is 1. The summed E-state index contributed by atoms with van der Waals surface area (Å²) >= 11 is 0. The molecular formula is C15H27NO2. The van der Waals surface area contributed by atoms with Gasteiger partial charge in [0.25, 0.3) is 0 Å². The number of rotatable bonds is 4. The quantitative estimate of drug-likeness (QED) is 0.783. The summed E-state index contributed by atoms with van der Waals surface area (Å²) in [5.74, 6) is 0.794. The van der Waals surface area contributed by atoms with Gasteiger partial charge in [-0.1, -0.05) is 27.2 Å². The minimum Gasteiger partial charge on any atom is -0.464 e. The third-order valence-corrected chi connectivity index (χ3v) is 5.12. The van der Waals surface area contributed by atoms with E-state index < -0.39 is 0 Å². The Labute approximate surface area is 111 Å². The molecule has 1 aliphatic carbocycles. The van der Waals surface area contributed by atoms with Crippen molar-refractivity contribution in [2.24, 2.45) is 11.3 Å². The van der Waals surface area contributed by atoms with E-state index in [1.165, 1.54) is 32.1 Å². The van der Waals surface area contributed by atoms with Crippen LogP contribution in [0.5, 0.6) is 0 Å². The van der Waals surface area contributed by atoms with Gasteiger partial charge in [0.15, 0.2) is 0 Å². The summed E-state index contributed by atoms with van der Waals surface area (Å²) < 4.78 is 5.00.